The first kappa shape index (κ1) is 26.1. The summed E-state index contributed by atoms with van der Waals surface area (Å²) in [4.78, 5) is 41.8. The Morgan fingerprint density at radius 3 is 2.90 bits per heavy atom. The van der Waals surface area contributed by atoms with Gasteiger partial charge in [0, 0.05) is 19.4 Å². The second-order valence-corrected chi connectivity index (χ2v) is 10.0. The molecule has 0 spiro atoms. The first-order valence-corrected chi connectivity index (χ1v) is 12.9. The summed E-state index contributed by atoms with van der Waals surface area (Å²) in [6.45, 7) is 8.55. The number of aromatic nitrogens is 8. The number of amidine groups is 1. The molecule has 2 saturated heterocycles. The number of hydrogen-bond donors (Lipinski definition) is 0. The Hall–Kier alpha value is -5.09. The average Bonchev–Trinajstić information content (AvgIpc) is 3.73. The lowest BCUT2D eigenvalue weighted by molar-refractivity contribution is -0.458. The largest absolute Gasteiger partial charge is 0.486 e. The number of rotatable bonds is 10. The fourth-order valence-electron chi connectivity index (χ4n) is 5.18. The van der Waals surface area contributed by atoms with Crippen LogP contribution >= 0.6 is 0 Å². The third-order valence-electron chi connectivity index (χ3n) is 7.26. The molecule has 0 aliphatic carbocycles. The zero-order valence-electron chi connectivity index (χ0n) is 22.1. The quantitative estimate of drug-likeness (QED) is 0.182. The highest BCUT2D eigenvalue weighted by Crippen LogP contribution is 2.41. The topological polar surface area (TPSA) is 185 Å². The highest BCUT2D eigenvalue weighted by molar-refractivity contribution is 6.05. The van der Waals surface area contributed by atoms with Crippen molar-refractivity contribution in [1.82, 2.24) is 45.1 Å². The normalized spacial score (nSPS) is 23.2. The van der Waals surface area contributed by atoms with Crippen LogP contribution in [0.5, 0.6) is 5.75 Å². The molecule has 0 saturated carbocycles. The average molecular weight is 562 g/mol. The van der Waals surface area contributed by atoms with Gasteiger partial charge in [-0.2, -0.15) is 24.4 Å². The Morgan fingerprint density at radius 2 is 2.20 bits per heavy atom. The predicted molar refractivity (Wildman–Crippen MR) is 141 cm³/mol. The van der Waals surface area contributed by atoms with Gasteiger partial charge in [-0.05, 0) is 48.1 Å². The predicted octanol–water partition coefficient (Wildman–Crippen LogP) is -0.235. The van der Waals surface area contributed by atoms with Gasteiger partial charge in [-0.1, -0.05) is 0 Å². The summed E-state index contributed by atoms with van der Waals surface area (Å²) in [5.74, 6) is 1.03. The molecule has 0 bridgehead atoms. The van der Waals surface area contributed by atoms with Crippen LogP contribution in [0.15, 0.2) is 40.8 Å². The molecule has 0 radical (unpaired) electrons. The van der Waals surface area contributed by atoms with Gasteiger partial charge in [-0.15, -0.1) is 5.10 Å². The first-order valence-electron chi connectivity index (χ1n) is 12.9. The Balaban J connectivity index is 1.09. The van der Waals surface area contributed by atoms with Crippen LogP contribution in [0.1, 0.15) is 31.0 Å². The molecular weight excluding hydrogens is 534 g/mol. The van der Waals surface area contributed by atoms with Crippen LogP contribution in [-0.2, 0) is 20.9 Å². The first-order chi connectivity index (χ1) is 19.9. The van der Waals surface area contributed by atoms with E-state index in [0.717, 1.165) is 0 Å². The summed E-state index contributed by atoms with van der Waals surface area (Å²) in [5, 5.41) is 19.9. The number of nitrogens with zero attached hydrogens (tertiary/aromatic N) is 13. The van der Waals surface area contributed by atoms with E-state index in [0.29, 0.717) is 55.6 Å². The highest BCUT2D eigenvalue weighted by atomic mass is 16.5. The number of pyridine rings is 1. The molecule has 3 aliphatic heterocycles. The Labute approximate surface area is 233 Å². The summed E-state index contributed by atoms with van der Waals surface area (Å²) in [5.41, 5.74) is 4.42. The minimum atomic E-state index is -0.815. The van der Waals surface area contributed by atoms with Gasteiger partial charge in [0.2, 0.25) is 5.91 Å². The van der Waals surface area contributed by atoms with Crippen molar-refractivity contribution < 1.29 is 23.7 Å². The molecule has 17 heteroatoms. The van der Waals surface area contributed by atoms with Crippen LogP contribution < -0.4 is 4.74 Å². The molecule has 17 nitrogen and oxygen atoms in total. The maximum absolute atomic E-state index is 13.5. The van der Waals surface area contributed by atoms with Gasteiger partial charge in [0.15, 0.2) is 19.1 Å². The van der Waals surface area contributed by atoms with Crippen molar-refractivity contribution in [3.8, 4) is 11.6 Å². The van der Waals surface area contributed by atoms with Crippen molar-refractivity contribution in [2.75, 3.05) is 26.4 Å². The molecule has 3 aromatic heterocycles. The number of aliphatic imine (C=N–C) groups is 2. The lowest BCUT2D eigenvalue weighted by Gasteiger charge is -2.42. The summed E-state index contributed by atoms with van der Waals surface area (Å²) in [6, 6.07) is 2.44. The van der Waals surface area contributed by atoms with Gasteiger partial charge < -0.3 is 19.4 Å². The molecule has 0 aromatic carbocycles. The van der Waals surface area contributed by atoms with Gasteiger partial charge in [0.05, 0.1) is 23.9 Å². The van der Waals surface area contributed by atoms with Crippen LogP contribution in [0, 0.1) is 5.41 Å². The molecule has 1 unspecified atom stereocenters. The zero-order chi connectivity index (χ0) is 28.4. The fourth-order valence-corrected chi connectivity index (χ4v) is 5.18. The molecule has 3 aliphatic rings. The molecule has 41 heavy (non-hydrogen) atoms. The zero-order valence-corrected chi connectivity index (χ0v) is 22.1. The number of carbonyl (C=O) groups is 2. The van der Waals surface area contributed by atoms with Crippen LogP contribution in [0.3, 0.4) is 0 Å². The molecule has 0 N–H and O–H groups in total. The Morgan fingerprint density at radius 1 is 1.29 bits per heavy atom. The van der Waals surface area contributed by atoms with Crippen molar-refractivity contribution in [1.29, 1.82) is 0 Å². The Kier molecular flexibility index (Phi) is 6.90. The van der Waals surface area contributed by atoms with E-state index in [2.05, 4.69) is 59.6 Å². The van der Waals surface area contributed by atoms with E-state index in [4.69, 9.17) is 9.47 Å². The summed E-state index contributed by atoms with van der Waals surface area (Å²) < 4.78 is 14.1. The van der Waals surface area contributed by atoms with E-state index in [1.807, 2.05) is 0 Å². The van der Waals surface area contributed by atoms with Gasteiger partial charge in [-0.25, -0.2) is 15.2 Å². The van der Waals surface area contributed by atoms with E-state index in [1.165, 1.54) is 11.0 Å². The fraction of sp³-hybridized carbons (Fsp3) is 0.458. The maximum atomic E-state index is 13.5. The minimum Gasteiger partial charge on any atom is -0.486 e. The minimum absolute atomic E-state index is 0.155. The molecular formula is C24H27N13O4. The molecule has 6 heterocycles. The summed E-state index contributed by atoms with van der Waals surface area (Å²) >= 11 is 0. The van der Waals surface area contributed by atoms with Crippen LogP contribution in [-0.4, -0.2) is 113 Å². The Bertz CT molecular complexity index is 1490. The van der Waals surface area contributed by atoms with E-state index < -0.39 is 17.4 Å². The highest BCUT2D eigenvalue weighted by Gasteiger charge is 2.49. The van der Waals surface area contributed by atoms with Gasteiger partial charge >= 0.3 is 5.97 Å². The third kappa shape index (κ3) is 5.24. The number of esters is 1. The van der Waals surface area contributed by atoms with Gasteiger partial charge in [0.25, 0.3) is 0 Å². The lowest BCUT2D eigenvalue weighted by atomic mass is 9.79. The van der Waals surface area contributed by atoms with Gasteiger partial charge in [-0.3, -0.25) is 9.79 Å². The second-order valence-electron chi connectivity index (χ2n) is 10.0. The van der Waals surface area contributed by atoms with Crippen LogP contribution in [0.2, 0.25) is 0 Å². The van der Waals surface area contributed by atoms with Crippen molar-refractivity contribution >= 4 is 31.1 Å². The number of amides is 1. The number of fused-ring (bicyclic) bond motifs is 1. The van der Waals surface area contributed by atoms with Crippen molar-refractivity contribution in [2.24, 2.45) is 15.4 Å². The maximum Gasteiger partial charge on any atom is 0.330 e. The van der Waals surface area contributed by atoms with E-state index in [1.54, 1.807) is 38.9 Å². The number of carbonyl (C=O) groups excluding carboxylic acids is 2. The molecule has 3 atom stereocenters. The van der Waals surface area contributed by atoms with Crippen LogP contribution in [0.4, 0.5) is 0 Å². The second kappa shape index (κ2) is 10.8. The van der Waals surface area contributed by atoms with Gasteiger partial charge in [0.1, 0.15) is 37.1 Å². The number of ether oxygens (including phenoxy) is 2. The summed E-state index contributed by atoms with van der Waals surface area (Å²) in [7, 11) is 0. The van der Waals surface area contributed by atoms with E-state index in [9.17, 15) is 9.59 Å². The number of likely N-dealkylation sites (tertiary alicyclic amines) is 1. The summed E-state index contributed by atoms with van der Waals surface area (Å²) in [6.07, 6.45) is 5.67. The lowest BCUT2D eigenvalue weighted by Crippen LogP contribution is -2.54. The molecule has 212 valence electrons. The van der Waals surface area contributed by atoms with Crippen molar-refractivity contribution in [3.63, 3.8) is 0 Å². The molecule has 6 rings (SSSR count). The van der Waals surface area contributed by atoms with Crippen molar-refractivity contribution in [2.45, 2.75) is 38.0 Å². The molecule has 3 aromatic rings. The number of hydrogen-bond acceptors (Lipinski definition) is 12. The molecule has 1 amide bonds. The number of piperidine rings is 1. The third-order valence-corrected chi connectivity index (χ3v) is 7.26. The van der Waals surface area contributed by atoms with E-state index in [-0.39, 0.29) is 31.7 Å². The molecule has 2 fully saturated rings. The van der Waals surface area contributed by atoms with Crippen LogP contribution in [0.25, 0.3) is 11.2 Å². The SMILES string of the molecule is C=NCOC(=O)[C@H]1C[C@H](n2ncc(COc3ccc(-n4cnnn4)nc3)n2)CCN1C(=O)CC12CN=C1[N-][N+](=C)C2. The van der Waals surface area contributed by atoms with Crippen molar-refractivity contribution in [3.05, 3.63) is 42.0 Å². The monoisotopic (exact) mass is 561 g/mol. The number of tetrazole rings is 1. The standard InChI is InChI=1S/C24H27N13O4/c1-25-15-41-22(39)19-7-17(5-6-35(19)21(38)8-24-12-27-23(24)31-34(2)13-24)37-29-9-16(30-37)11-40-18-3-4-20(26-10-18)36-14-28-32-33-36/h3-4,9-10,14,17,19H,1-2,5-8,11-13,15H2/t17-,19-,24?/m1/s1. The van der Waals surface area contributed by atoms with E-state index >= 15 is 0 Å². The smallest absolute Gasteiger partial charge is 0.330 e.